The van der Waals surface area contributed by atoms with Crippen molar-refractivity contribution in [3.05, 3.63) is 105 Å². The van der Waals surface area contributed by atoms with E-state index in [0.717, 1.165) is 16.7 Å². The molecule has 0 unspecified atom stereocenters. The third-order valence-electron chi connectivity index (χ3n) is 5.50. The average molecular weight is 473 g/mol. The van der Waals surface area contributed by atoms with Crippen molar-refractivity contribution < 1.29 is 13.9 Å². The highest BCUT2D eigenvalue weighted by Gasteiger charge is 2.21. The number of hydrogen-bond acceptors (Lipinski definition) is 4. The number of carbonyl (C=O) groups excluding carboxylic acids is 1. The van der Waals surface area contributed by atoms with Crippen molar-refractivity contribution in [2.45, 2.75) is 33.1 Å². The van der Waals surface area contributed by atoms with Crippen LogP contribution >= 0.6 is 11.6 Å². The van der Waals surface area contributed by atoms with Gasteiger partial charge in [0.15, 0.2) is 5.76 Å². The smallest absolute Gasteiger partial charge is 0.336 e. The molecule has 0 radical (unpaired) electrons. The van der Waals surface area contributed by atoms with Crippen LogP contribution in [-0.2, 0) is 10.2 Å². The summed E-state index contributed by atoms with van der Waals surface area (Å²) in [4.78, 5) is 26.0. The Morgan fingerprint density at radius 3 is 2.29 bits per heavy atom. The maximum absolute atomic E-state index is 13.4. The Labute approximate surface area is 203 Å². The maximum atomic E-state index is 13.4. The van der Waals surface area contributed by atoms with Crippen molar-refractivity contribution in [3.63, 3.8) is 0 Å². The molecule has 0 aliphatic rings. The van der Waals surface area contributed by atoms with Gasteiger partial charge in [-0.05, 0) is 53.8 Å². The zero-order valence-electron chi connectivity index (χ0n) is 19.5. The van der Waals surface area contributed by atoms with Crippen LogP contribution < -0.4 is 10.2 Å². The highest BCUT2D eigenvalue weighted by molar-refractivity contribution is 6.30. The molecule has 0 atom stereocenters. The molecule has 0 aliphatic heterocycles. The Morgan fingerprint density at radius 1 is 0.971 bits per heavy atom. The highest BCUT2D eigenvalue weighted by Crippen LogP contribution is 2.33. The van der Waals surface area contributed by atoms with Crippen LogP contribution in [0.5, 0.6) is 5.75 Å². The van der Waals surface area contributed by atoms with Crippen molar-refractivity contribution >= 4 is 34.6 Å². The lowest BCUT2D eigenvalue weighted by Gasteiger charge is -2.19. The van der Waals surface area contributed by atoms with Gasteiger partial charge in [0, 0.05) is 16.7 Å². The van der Waals surface area contributed by atoms with E-state index < -0.39 is 11.4 Å². The zero-order chi connectivity index (χ0) is 24.5. The van der Waals surface area contributed by atoms with Gasteiger partial charge in [0.25, 0.3) is 0 Å². The molecule has 5 heteroatoms. The standard InChI is InChI=1S/C29H25ClO4/c1-18-5-15-24-23(17-18)26(32)28(34-25(31)16-8-19-6-13-22(30)14-7-19)27(33-24)20-9-11-21(12-10-20)29(2,3)4/h5-17H,1-4H3. The molecule has 3 aromatic carbocycles. The topological polar surface area (TPSA) is 56.5 Å². The Kier molecular flexibility index (Phi) is 6.45. The fraction of sp³-hybridized carbons (Fsp3) is 0.172. The summed E-state index contributed by atoms with van der Waals surface area (Å²) in [5.74, 6) is -0.593. The van der Waals surface area contributed by atoms with Gasteiger partial charge in [-0.2, -0.15) is 0 Å². The molecule has 0 saturated heterocycles. The summed E-state index contributed by atoms with van der Waals surface area (Å²) in [5, 5.41) is 0.963. The van der Waals surface area contributed by atoms with Crippen LogP contribution in [0.15, 0.2) is 82.0 Å². The van der Waals surface area contributed by atoms with E-state index in [1.54, 1.807) is 42.5 Å². The van der Waals surface area contributed by atoms with E-state index in [1.165, 1.54) is 6.08 Å². The number of esters is 1. The number of rotatable bonds is 4. The molecule has 1 heterocycles. The first kappa shape index (κ1) is 23.5. The van der Waals surface area contributed by atoms with E-state index in [2.05, 4.69) is 20.8 Å². The molecule has 0 spiro atoms. The number of ether oxygens (including phenoxy) is 1. The van der Waals surface area contributed by atoms with Gasteiger partial charge >= 0.3 is 5.97 Å². The summed E-state index contributed by atoms with van der Waals surface area (Å²) in [6.45, 7) is 8.26. The third-order valence-corrected chi connectivity index (χ3v) is 5.75. The molecule has 1 aromatic heterocycles. The predicted octanol–water partition coefficient (Wildman–Crippen LogP) is 7.34. The Morgan fingerprint density at radius 2 is 1.65 bits per heavy atom. The lowest BCUT2D eigenvalue weighted by atomic mass is 9.86. The monoisotopic (exact) mass is 472 g/mol. The summed E-state index contributed by atoms with van der Waals surface area (Å²) in [7, 11) is 0. The normalized spacial score (nSPS) is 11.8. The zero-order valence-corrected chi connectivity index (χ0v) is 20.3. The van der Waals surface area contributed by atoms with Crippen LogP contribution in [0.1, 0.15) is 37.5 Å². The molecule has 4 rings (SSSR count). The van der Waals surface area contributed by atoms with E-state index >= 15 is 0 Å². The quantitative estimate of drug-likeness (QED) is 0.230. The van der Waals surface area contributed by atoms with E-state index in [1.807, 2.05) is 37.3 Å². The van der Waals surface area contributed by atoms with Gasteiger partial charge in [-0.15, -0.1) is 0 Å². The summed E-state index contributed by atoms with van der Waals surface area (Å²) in [5.41, 5.74) is 3.48. The number of halogens is 1. The van der Waals surface area contributed by atoms with E-state index in [-0.39, 0.29) is 16.9 Å². The molecule has 0 saturated carbocycles. The average Bonchev–Trinajstić information content (AvgIpc) is 2.80. The van der Waals surface area contributed by atoms with E-state index in [4.69, 9.17) is 20.8 Å². The minimum atomic E-state index is -0.679. The lowest BCUT2D eigenvalue weighted by Crippen LogP contribution is -2.14. The molecule has 4 aromatic rings. The van der Waals surface area contributed by atoms with Crippen molar-refractivity contribution in [2.24, 2.45) is 0 Å². The minimum Gasteiger partial charge on any atom is -0.452 e. The van der Waals surface area contributed by atoms with Crippen molar-refractivity contribution in [1.29, 1.82) is 0 Å². The van der Waals surface area contributed by atoms with Gasteiger partial charge in [-0.25, -0.2) is 4.79 Å². The van der Waals surface area contributed by atoms with E-state index in [0.29, 0.717) is 21.6 Å². The fourth-order valence-corrected chi connectivity index (χ4v) is 3.70. The fourth-order valence-electron chi connectivity index (χ4n) is 3.57. The van der Waals surface area contributed by atoms with Gasteiger partial charge in [0.1, 0.15) is 5.58 Å². The molecule has 0 N–H and O–H groups in total. The molecular weight excluding hydrogens is 448 g/mol. The molecule has 0 amide bonds. The molecular formula is C29H25ClO4. The molecule has 0 fully saturated rings. The number of fused-ring (bicyclic) bond motifs is 1. The minimum absolute atomic E-state index is 0.0258. The second-order valence-corrected chi connectivity index (χ2v) is 9.66. The van der Waals surface area contributed by atoms with Crippen LogP contribution in [0, 0.1) is 6.92 Å². The number of carbonyl (C=O) groups is 1. The summed E-state index contributed by atoms with van der Waals surface area (Å²) >= 11 is 5.91. The number of benzene rings is 3. The summed E-state index contributed by atoms with van der Waals surface area (Å²) in [6, 6.07) is 20.1. The molecule has 4 nitrogen and oxygen atoms in total. The summed E-state index contributed by atoms with van der Waals surface area (Å²) < 4.78 is 11.7. The molecule has 0 bridgehead atoms. The van der Waals surface area contributed by atoms with Crippen molar-refractivity contribution in [2.75, 3.05) is 0 Å². The second-order valence-electron chi connectivity index (χ2n) is 9.22. The van der Waals surface area contributed by atoms with Gasteiger partial charge in [-0.1, -0.05) is 80.4 Å². The van der Waals surface area contributed by atoms with Crippen LogP contribution in [-0.4, -0.2) is 5.97 Å². The number of hydrogen-bond donors (Lipinski definition) is 0. The van der Waals surface area contributed by atoms with Crippen LogP contribution in [0.2, 0.25) is 5.02 Å². The SMILES string of the molecule is Cc1ccc2oc(-c3ccc(C(C)(C)C)cc3)c(OC(=O)C=Cc3ccc(Cl)cc3)c(=O)c2c1. The lowest BCUT2D eigenvalue weighted by molar-refractivity contribution is -0.129. The first-order valence-electron chi connectivity index (χ1n) is 11.0. The van der Waals surface area contributed by atoms with Crippen molar-refractivity contribution in [1.82, 2.24) is 0 Å². The van der Waals surface area contributed by atoms with Crippen LogP contribution in [0.25, 0.3) is 28.4 Å². The third kappa shape index (κ3) is 5.13. The highest BCUT2D eigenvalue weighted by atomic mass is 35.5. The first-order valence-corrected chi connectivity index (χ1v) is 11.3. The largest absolute Gasteiger partial charge is 0.452 e. The van der Waals surface area contributed by atoms with Gasteiger partial charge in [-0.3, -0.25) is 4.79 Å². The van der Waals surface area contributed by atoms with Crippen LogP contribution in [0.4, 0.5) is 0 Å². The van der Waals surface area contributed by atoms with E-state index in [9.17, 15) is 9.59 Å². The van der Waals surface area contributed by atoms with Gasteiger partial charge < -0.3 is 9.15 Å². The Bertz CT molecular complexity index is 1440. The predicted molar refractivity (Wildman–Crippen MR) is 137 cm³/mol. The maximum Gasteiger partial charge on any atom is 0.336 e. The van der Waals surface area contributed by atoms with Gasteiger partial charge in [0.2, 0.25) is 11.2 Å². The Hall–Kier alpha value is -3.63. The first-order chi connectivity index (χ1) is 16.1. The van der Waals surface area contributed by atoms with Crippen molar-refractivity contribution in [3.8, 4) is 17.1 Å². The number of aryl methyl sites for hydroxylation is 1. The molecule has 172 valence electrons. The van der Waals surface area contributed by atoms with Crippen LogP contribution in [0.3, 0.4) is 0 Å². The van der Waals surface area contributed by atoms with Gasteiger partial charge in [0.05, 0.1) is 5.39 Å². The summed E-state index contributed by atoms with van der Waals surface area (Å²) in [6.07, 6.45) is 2.87. The molecule has 34 heavy (non-hydrogen) atoms. The Balaban J connectivity index is 1.77. The molecule has 0 aliphatic carbocycles. The second kappa shape index (κ2) is 9.32.